The standard InChI is InChI=1S/C13H18F2N2O2/c1-8(2)11(16)12(18)17-7-9-5-3-4-6-10(9)19-13(14)15/h3-6,8,11,13H,7,16H2,1-2H3,(H,17,18). The summed E-state index contributed by atoms with van der Waals surface area (Å²) < 4.78 is 28.8. The number of carbonyl (C=O) groups is 1. The highest BCUT2D eigenvalue weighted by molar-refractivity contribution is 5.81. The highest BCUT2D eigenvalue weighted by atomic mass is 19.3. The molecular formula is C13H18F2N2O2. The molecular weight excluding hydrogens is 254 g/mol. The molecule has 6 heteroatoms. The van der Waals surface area contributed by atoms with Gasteiger partial charge in [-0.25, -0.2) is 0 Å². The summed E-state index contributed by atoms with van der Waals surface area (Å²) in [6.07, 6.45) is 0. The lowest BCUT2D eigenvalue weighted by molar-refractivity contribution is -0.123. The maximum absolute atomic E-state index is 12.2. The van der Waals surface area contributed by atoms with Gasteiger partial charge in [-0.15, -0.1) is 0 Å². The fourth-order valence-corrected chi connectivity index (χ4v) is 1.46. The first kappa shape index (κ1) is 15.4. The zero-order valence-electron chi connectivity index (χ0n) is 10.9. The van der Waals surface area contributed by atoms with E-state index in [0.29, 0.717) is 5.56 Å². The molecule has 1 rings (SSSR count). The second kappa shape index (κ2) is 7.04. The van der Waals surface area contributed by atoms with Crippen LogP contribution in [-0.2, 0) is 11.3 Å². The number of hydrogen-bond donors (Lipinski definition) is 2. The van der Waals surface area contributed by atoms with E-state index in [0.717, 1.165) is 0 Å². The van der Waals surface area contributed by atoms with Crippen molar-refractivity contribution in [1.82, 2.24) is 5.32 Å². The lowest BCUT2D eigenvalue weighted by Crippen LogP contribution is -2.43. The Hall–Kier alpha value is -1.69. The molecule has 106 valence electrons. The normalized spacial score (nSPS) is 12.6. The predicted molar refractivity (Wildman–Crippen MR) is 67.7 cm³/mol. The van der Waals surface area contributed by atoms with E-state index in [1.54, 1.807) is 18.2 Å². The number of nitrogens with one attached hydrogen (secondary N) is 1. The molecule has 0 saturated carbocycles. The van der Waals surface area contributed by atoms with Gasteiger partial charge >= 0.3 is 6.61 Å². The number of carbonyl (C=O) groups excluding carboxylic acids is 1. The Bertz CT molecular complexity index is 425. The fourth-order valence-electron chi connectivity index (χ4n) is 1.46. The van der Waals surface area contributed by atoms with Gasteiger partial charge in [0.1, 0.15) is 5.75 Å². The van der Waals surface area contributed by atoms with Crippen molar-refractivity contribution in [3.8, 4) is 5.75 Å². The summed E-state index contributed by atoms with van der Waals surface area (Å²) >= 11 is 0. The average molecular weight is 272 g/mol. The summed E-state index contributed by atoms with van der Waals surface area (Å²) in [5.74, 6) is -0.259. The summed E-state index contributed by atoms with van der Waals surface area (Å²) in [5.41, 5.74) is 6.16. The molecule has 0 heterocycles. The van der Waals surface area contributed by atoms with Gasteiger partial charge in [-0.2, -0.15) is 8.78 Å². The van der Waals surface area contributed by atoms with Crippen molar-refractivity contribution in [3.05, 3.63) is 29.8 Å². The molecule has 0 fully saturated rings. The number of benzene rings is 1. The highest BCUT2D eigenvalue weighted by Gasteiger charge is 2.17. The summed E-state index contributed by atoms with van der Waals surface area (Å²) in [6.45, 7) is 0.869. The van der Waals surface area contributed by atoms with Crippen molar-refractivity contribution in [3.63, 3.8) is 0 Å². The monoisotopic (exact) mass is 272 g/mol. The molecule has 1 aromatic carbocycles. The molecule has 3 N–H and O–H groups in total. The number of hydrogen-bond acceptors (Lipinski definition) is 3. The van der Waals surface area contributed by atoms with Gasteiger partial charge in [-0.3, -0.25) is 4.79 Å². The zero-order valence-corrected chi connectivity index (χ0v) is 10.9. The summed E-state index contributed by atoms with van der Waals surface area (Å²) in [6, 6.07) is 5.68. The second-order valence-corrected chi connectivity index (χ2v) is 4.47. The van der Waals surface area contributed by atoms with Crippen LogP contribution in [0.1, 0.15) is 19.4 Å². The van der Waals surface area contributed by atoms with Gasteiger partial charge in [0.05, 0.1) is 6.04 Å². The third-order valence-electron chi connectivity index (χ3n) is 2.66. The van der Waals surface area contributed by atoms with Gasteiger partial charge in [0.2, 0.25) is 5.91 Å². The molecule has 0 aliphatic rings. The largest absolute Gasteiger partial charge is 0.434 e. The topological polar surface area (TPSA) is 64.4 Å². The number of ether oxygens (including phenoxy) is 1. The van der Waals surface area contributed by atoms with Crippen LogP contribution >= 0.6 is 0 Å². The molecule has 0 aliphatic carbocycles. The maximum atomic E-state index is 12.2. The lowest BCUT2D eigenvalue weighted by Gasteiger charge is -2.16. The molecule has 0 aromatic heterocycles. The Kier molecular flexibility index (Phi) is 5.69. The first-order valence-electron chi connectivity index (χ1n) is 5.97. The molecule has 0 bridgehead atoms. The molecule has 1 aromatic rings. The fraction of sp³-hybridized carbons (Fsp3) is 0.462. The van der Waals surface area contributed by atoms with Crippen LogP contribution in [0, 0.1) is 5.92 Å². The molecule has 0 aliphatic heterocycles. The molecule has 0 radical (unpaired) electrons. The maximum Gasteiger partial charge on any atom is 0.387 e. The Morgan fingerprint density at radius 1 is 1.37 bits per heavy atom. The van der Waals surface area contributed by atoms with E-state index in [-0.39, 0.29) is 24.1 Å². The molecule has 0 spiro atoms. The molecule has 19 heavy (non-hydrogen) atoms. The van der Waals surface area contributed by atoms with Crippen molar-refractivity contribution in [2.24, 2.45) is 11.7 Å². The number of halogens is 2. The zero-order chi connectivity index (χ0) is 14.4. The third-order valence-corrected chi connectivity index (χ3v) is 2.66. The quantitative estimate of drug-likeness (QED) is 0.831. The van der Waals surface area contributed by atoms with E-state index in [4.69, 9.17) is 5.73 Å². The van der Waals surface area contributed by atoms with Gasteiger partial charge < -0.3 is 15.8 Å². The molecule has 1 atom stereocenters. The second-order valence-electron chi connectivity index (χ2n) is 4.47. The van der Waals surface area contributed by atoms with Crippen molar-refractivity contribution in [2.75, 3.05) is 0 Å². The number of para-hydroxylation sites is 1. The molecule has 1 amide bonds. The summed E-state index contributed by atoms with van der Waals surface area (Å²) in [4.78, 5) is 11.7. The number of rotatable bonds is 6. The lowest BCUT2D eigenvalue weighted by atomic mass is 10.0. The van der Waals surface area contributed by atoms with Crippen LogP contribution in [0.15, 0.2) is 24.3 Å². The van der Waals surface area contributed by atoms with Gasteiger partial charge in [0, 0.05) is 12.1 Å². The van der Waals surface area contributed by atoms with Crippen LogP contribution in [0.5, 0.6) is 5.75 Å². The van der Waals surface area contributed by atoms with Crippen molar-refractivity contribution >= 4 is 5.91 Å². The Morgan fingerprint density at radius 2 is 2.00 bits per heavy atom. The SMILES string of the molecule is CC(C)C(N)C(=O)NCc1ccccc1OC(F)F. The van der Waals surface area contributed by atoms with E-state index < -0.39 is 12.7 Å². The van der Waals surface area contributed by atoms with Crippen LogP contribution in [0.4, 0.5) is 8.78 Å². The predicted octanol–water partition coefficient (Wildman–Crippen LogP) is 1.89. The van der Waals surface area contributed by atoms with Gasteiger partial charge in [-0.05, 0) is 12.0 Å². The smallest absolute Gasteiger partial charge is 0.387 e. The van der Waals surface area contributed by atoms with Gasteiger partial charge in [-0.1, -0.05) is 32.0 Å². The van der Waals surface area contributed by atoms with Gasteiger partial charge in [0.15, 0.2) is 0 Å². The summed E-state index contributed by atoms with van der Waals surface area (Å²) in [5, 5.41) is 2.60. The Balaban J connectivity index is 2.65. The first-order valence-corrected chi connectivity index (χ1v) is 5.97. The van der Waals surface area contributed by atoms with E-state index in [2.05, 4.69) is 10.1 Å². The Morgan fingerprint density at radius 3 is 2.58 bits per heavy atom. The van der Waals surface area contributed by atoms with Gasteiger partial charge in [0.25, 0.3) is 0 Å². The molecule has 0 saturated heterocycles. The minimum atomic E-state index is -2.89. The van der Waals surface area contributed by atoms with E-state index in [1.807, 2.05) is 13.8 Å². The third kappa shape index (κ3) is 4.82. The minimum Gasteiger partial charge on any atom is -0.434 e. The van der Waals surface area contributed by atoms with Crippen LogP contribution in [-0.4, -0.2) is 18.6 Å². The van der Waals surface area contributed by atoms with E-state index in [1.165, 1.54) is 6.07 Å². The number of amides is 1. The van der Waals surface area contributed by atoms with Crippen molar-refractivity contribution < 1.29 is 18.3 Å². The minimum absolute atomic E-state index is 0.00700. The highest BCUT2D eigenvalue weighted by Crippen LogP contribution is 2.19. The van der Waals surface area contributed by atoms with Crippen LogP contribution in [0.2, 0.25) is 0 Å². The summed E-state index contributed by atoms with van der Waals surface area (Å²) in [7, 11) is 0. The number of nitrogens with two attached hydrogens (primary N) is 1. The van der Waals surface area contributed by atoms with E-state index >= 15 is 0 Å². The molecule has 4 nitrogen and oxygen atoms in total. The average Bonchev–Trinajstić information content (AvgIpc) is 2.35. The molecule has 1 unspecified atom stereocenters. The van der Waals surface area contributed by atoms with Crippen molar-refractivity contribution in [2.45, 2.75) is 33.0 Å². The van der Waals surface area contributed by atoms with Crippen LogP contribution in [0.3, 0.4) is 0 Å². The first-order chi connectivity index (χ1) is 8.91. The Labute approximate surface area is 110 Å². The van der Waals surface area contributed by atoms with E-state index in [9.17, 15) is 13.6 Å². The number of alkyl halides is 2. The van der Waals surface area contributed by atoms with Crippen LogP contribution in [0.25, 0.3) is 0 Å². The van der Waals surface area contributed by atoms with Crippen molar-refractivity contribution in [1.29, 1.82) is 0 Å². The van der Waals surface area contributed by atoms with Crippen LogP contribution < -0.4 is 15.8 Å².